The van der Waals surface area contributed by atoms with Gasteiger partial charge in [-0.05, 0) is 18.2 Å². The van der Waals surface area contributed by atoms with Crippen LogP contribution in [0.25, 0.3) is 0 Å². The van der Waals surface area contributed by atoms with Gasteiger partial charge in [0.25, 0.3) is 0 Å². The number of nitrogens with two attached hydrogens (primary N) is 1. The average Bonchev–Trinajstić information content (AvgIpc) is 2.42. The zero-order chi connectivity index (χ0) is 13.0. The average molecular weight is 252 g/mol. The zero-order valence-corrected chi connectivity index (χ0v) is 10.1. The summed E-state index contributed by atoms with van der Waals surface area (Å²) in [6, 6.07) is 4.82. The van der Waals surface area contributed by atoms with E-state index in [0.29, 0.717) is 0 Å². The maximum atomic E-state index is 13.8. The normalized spacial score (nSPS) is 15.6. The summed E-state index contributed by atoms with van der Waals surface area (Å²) in [5, 5.41) is 5.66. The van der Waals surface area contributed by atoms with Crippen LogP contribution in [0, 0.1) is 5.82 Å². The van der Waals surface area contributed by atoms with Crippen LogP contribution in [0.2, 0.25) is 0 Å². The molecule has 0 unspecified atom stereocenters. The standard InChI is InChI=1S/C12H17FN4O/c13-10-7-9(17-5-3-15-4-6-17)1-2-11(10)16-12(18)8-14/h1-2,7,15H,3-6,8,14H2,(H,16,18). The molecule has 1 aromatic rings. The number of piperazine rings is 1. The van der Waals surface area contributed by atoms with E-state index in [1.165, 1.54) is 6.07 Å². The Hall–Kier alpha value is -1.66. The number of nitrogens with zero attached hydrogens (tertiary/aromatic N) is 1. The Labute approximate surface area is 105 Å². The Kier molecular flexibility index (Phi) is 4.11. The zero-order valence-electron chi connectivity index (χ0n) is 10.1. The van der Waals surface area contributed by atoms with Crippen LogP contribution in [-0.4, -0.2) is 38.6 Å². The van der Waals surface area contributed by atoms with Gasteiger partial charge in [-0.3, -0.25) is 4.79 Å². The number of hydrogen-bond acceptors (Lipinski definition) is 4. The van der Waals surface area contributed by atoms with Gasteiger partial charge in [0.2, 0.25) is 5.91 Å². The smallest absolute Gasteiger partial charge is 0.238 e. The van der Waals surface area contributed by atoms with Crippen LogP contribution in [0.5, 0.6) is 0 Å². The van der Waals surface area contributed by atoms with Gasteiger partial charge < -0.3 is 21.3 Å². The van der Waals surface area contributed by atoms with Gasteiger partial charge in [-0.1, -0.05) is 0 Å². The molecule has 1 aliphatic heterocycles. The summed E-state index contributed by atoms with van der Waals surface area (Å²) < 4.78 is 13.8. The second-order valence-corrected chi connectivity index (χ2v) is 4.15. The van der Waals surface area contributed by atoms with Crippen LogP contribution in [0.3, 0.4) is 0 Å². The van der Waals surface area contributed by atoms with E-state index in [4.69, 9.17) is 5.73 Å². The highest BCUT2D eigenvalue weighted by Gasteiger charge is 2.13. The lowest BCUT2D eigenvalue weighted by Crippen LogP contribution is -2.43. The largest absolute Gasteiger partial charge is 0.369 e. The van der Waals surface area contributed by atoms with Crippen LogP contribution in [0.1, 0.15) is 0 Å². The lowest BCUT2D eigenvalue weighted by molar-refractivity contribution is -0.114. The first-order valence-electron chi connectivity index (χ1n) is 5.96. The van der Waals surface area contributed by atoms with E-state index >= 15 is 0 Å². The number of rotatable bonds is 3. The molecule has 6 heteroatoms. The van der Waals surface area contributed by atoms with Crippen molar-refractivity contribution in [3.8, 4) is 0 Å². The van der Waals surface area contributed by atoms with Gasteiger partial charge in [-0.25, -0.2) is 4.39 Å². The van der Waals surface area contributed by atoms with Crippen LogP contribution in [-0.2, 0) is 4.79 Å². The highest BCUT2D eigenvalue weighted by molar-refractivity contribution is 5.92. The second kappa shape index (κ2) is 5.79. The number of anilines is 2. The van der Waals surface area contributed by atoms with Crippen LogP contribution in [0.15, 0.2) is 18.2 Å². The molecule has 1 aromatic carbocycles. The van der Waals surface area contributed by atoms with Gasteiger partial charge in [-0.2, -0.15) is 0 Å². The molecule has 2 rings (SSSR count). The molecule has 1 aliphatic rings. The van der Waals surface area contributed by atoms with E-state index in [1.807, 2.05) is 0 Å². The Morgan fingerprint density at radius 1 is 1.44 bits per heavy atom. The van der Waals surface area contributed by atoms with Gasteiger partial charge in [0.15, 0.2) is 0 Å². The molecule has 0 aliphatic carbocycles. The van der Waals surface area contributed by atoms with E-state index in [-0.39, 0.29) is 12.2 Å². The molecular weight excluding hydrogens is 235 g/mol. The molecule has 0 spiro atoms. The minimum Gasteiger partial charge on any atom is -0.369 e. The Bertz CT molecular complexity index is 432. The summed E-state index contributed by atoms with van der Waals surface area (Å²) >= 11 is 0. The molecule has 1 amide bonds. The number of nitrogens with one attached hydrogen (secondary N) is 2. The summed E-state index contributed by atoms with van der Waals surface area (Å²) in [6.45, 7) is 3.35. The first-order valence-corrected chi connectivity index (χ1v) is 5.96. The number of amides is 1. The van der Waals surface area contributed by atoms with Gasteiger partial charge in [-0.15, -0.1) is 0 Å². The fraction of sp³-hybridized carbons (Fsp3) is 0.417. The Morgan fingerprint density at radius 3 is 2.78 bits per heavy atom. The third-order valence-electron chi connectivity index (χ3n) is 2.89. The van der Waals surface area contributed by atoms with Crippen LogP contribution >= 0.6 is 0 Å². The predicted molar refractivity (Wildman–Crippen MR) is 69.2 cm³/mol. The molecular formula is C12H17FN4O. The maximum absolute atomic E-state index is 13.8. The van der Waals surface area contributed by atoms with Crippen LogP contribution < -0.4 is 21.3 Å². The molecule has 98 valence electrons. The first kappa shape index (κ1) is 12.8. The number of carbonyl (C=O) groups excluding carboxylic acids is 1. The minimum atomic E-state index is -0.437. The third-order valence-corrected chi connectivity index (χ3v) is 2.89. The van der Waals surface area contributed by atoms with Gasteiger partial charge in [0.05, 0.1) is 12.2 Å². The van der Waals surface area contributed by atoms with E-state index in [0.717, 1.165) is 31.9 Å². The molecule has 0 bridgehead atoms. The summed E-state index contributed by atoms with van der Waals surface area (Å²) in [5.41, 5.74) is 6.17. The molecule has 1 heterocycles. The van der Waals surface area contributed by atoms with Crippen molar-refractivity contribution in [1.82, 2.24) is 5.32 Å². The number of carbonyl (C=O) groups is 1. The van der Waals surface area contributed by atoms with Crippen molar-refractivity contribution < 1.29 is 9.18 Å². The third kappa shape index (κ3) is 2.96. The molecule has 0 radical (unpaired) electrons. The van der Waals surface area contributed by atoms with E-state index in [9.17, 15) is 9.18 Å². The first-order chi connectivity index (χ1) is 8.70. The van der Waals surface area contributed by atoms with Crippen molar-refractivity contribution >= 4 is 17.3 Å². The maximum Gasteiger partial charge on any atom is 0.238 e. The monoisotopic (exact) mass is 252 g/mol. The Morgan fingerprint density at radius 2 is 2.17 bits per heavy atom. The lowest BCUT2D eigenvalue weighted by atomic mass is 10.2. The van der Waals surface area contributed by atoms with Gasteiger partial charge >= 0.3 is 0 Å². The van der Waals surface area contributed by atoms with E-state index < -0.39 is 11.7 Å². The molecule has 0 atom stereocenters. The summed E-state index contributed by atoms with van der Waals surface area (Å²) in [6.07, 6.45) is 0. The van der Waals surface area contributed by atoms with Crippen molar-refractivity contribution in [2.75, 3.05) is 42.9 Å². The fourth-order valence-electron chi connectivity index (χ4n) is 1.93. The molecule has 1 saturated heterocycles. The minimum absolute atomic E-state index is 0.154. The highest BCUT2D eigenvalue weighted by Crippen LogP contribution is 2.22. The summed E-state index contributed by atoms with van der Waals surface area (Å²) in [7, 11) is 0. The van der Waals surface area contributed by atoms with Gasteiger partial charge in [0, 0.05) is 31.9 Å². The van der Waals surface area contributed by atoms with Crippen molar-refractivity contribution in [2.24, 2.45) is 5.73 Å². The number of benzene rings is 1. The van der Waals surface area contributed by atoms with Crippen molar-refractivity contribution in [3.05, 3.63) is 24.0 Å². The topological polar surface area (TPSA) is 70.4 Å². The van der Waals surface area contributed by atoms with Crippen LogP contribution in [0.4, 0.5) is 15.8 Å². The molecule has 4 N–H and O–H groups in total. The summed E-state index contributed by atoms with van der Waals surface area (Å²) in [5.74, 6) is -0.836. The summed E-state index contributed by atoms with van der Waals surface area (Å²) in [4.78, 5) is 13.2. The Balaban J connectivity index is 2.11. The SMILES string of the molecule is NCC(=O)Nc1ccc(N2CCNCC2)cc1F. The predicted octanol–water partition coefficient (Wildman–Crippen LogP) is 0.132. The number of halogens is 1. The quantitative estimate of drug-likeness (QED) is 0.715. The molecule has 0 saturated carbocycles. The van der Waals surface area contributed by atoms with Crippen molar-refractivity contribution in [2.45, 2.75) is 0 Å². The lowest BCUT2D eigenvalue weighted by Gasteiger charge is -2.29. The molecule has 1 fully saturated rings. The highest BCUT2D eigenvalue weighted by atomic mass is 19.1. The molecule has 18 heavy (non-hydrogen) atoms. The molecule has 0 aromatic heterocycles. The van der Waals surface area contributed by atoms with E-state index in [1.54, 1.807) is 12.1 Å². The van der Waals surface area contributed by atoms with Crippen molar-refractivity contribution in [3.63, 3.8) is 0 Å². The van der Waals surface area contributed by atoms with Crippen molar-refractivity contribution in [1.29, 1.82) is 0 Å². The molecule has 5 nitrogen and oxygen atoms in total. The van der Waals surface area contributed by atoms with E-state index in [2.05, 4.69) is 15.5 Å². The second-order valence-electron chi connectivity index (χ2n) is 4.15. The number of hydrogen-bond donors (Lipinski definition) is 3. The van der Waals surface area contributed by atoms with Gasteiger partial charge in [0.1, 0.15) is 5.82 Å². The fourth-order valence-corrected chi connectivity index (χ4v) is 1.93.